The molecule has 0 aliphatic carbocycles. The van der Waals surface area contributed by atoms with Crippen molar-refractivity contribution in [2.75, 3.05) is 13.1 Å². The Bertz CT molecular complexity index is 298. The molecule has 0 radical (unpaired) electrons. The first-order chi connectivity index (χ1) is 7.06. The summed E-state index contributed by atoms with van der Waals surface area (Å²) in [5.41, 5.74) is 0.0503. The van der Waals surface area contributed by atoms with Crippen molar-refractivity contribution in [3.8, 4) is 0 Å². The monoisotopic (exact) mass is 277 g/mol. The molecule has 0 aromatic heterocycles. The zero-order valence-electron chi connectivity index (χ0n) is 8.56. The van der Waals surface area contributed by atoms with Crippen LogP contribution in [0.15, 0.2) is 28.7 Å². The summed E-state index contributed by atoms with van der Waals surface area (Å²) in [4.78, 5) is 0. The Morgan fingerprint density at radius 3 is 2.40 bits per heavy atom. The van der Waals surface area contributed by atoms with Gasteiger partial charge in [-0.1, -0.05) is 35.0 Å². The van der Waals surface area contributed by atoms with Gasteiger partial charge in [0.25, 0.3) is 5.92 Å². The van der Waals surface area contributed by atoms with Crippen molar-refractivity contribution in [3.63, 3.8) is 0 Å². The number of hydrogen-bond donors (Lipinski definition) is 1. The third-order valence-electron chi connectivity index (χ3n) is 2.04. The maximum absolute atomic E-state index is 13.5. The van der Waals surface area contributed by atoms with Crippen LogP contribution in [0.3, 0.4) is 0 Å². The molecule has 0 atom stereocenters. The topological polar surface area (TPSA) is 12.0 Å². The van der Waals surface area contributed by atoms with Crippen molar-refractivity contribution in [2.45, 2.75) is 19.3 Å². The second kappa shape index (κ2) is 5.56. The van der Waals surface area contributed by atoms with Crippen LogP contribution in [0.25, 0.3) is 0 Å². The van der Waals surface area contributed by atoms with Crippen LogP contribution >= 0.6 is 15.9 Å². The van der Waals surface area contributed by atoms with Crippen LogP contribution in [0.2, 0.25) is 0 Å². The van der Waals surface area contributed by atoms with Crippen molar-refractivity contribution in [1.82, 2.24) is 5.32 Å². The molecular formula is C11H14BrF2N. The number of hydrogen-bond acceptors (Lipinski definition) is 1. The summed E-state index contributed by atoms with van der Waals surface area (Å²) in [6.07, 6.45) is 0.858. The van der Waals surface area contributed by atoms with E-state index in [4.69, 9.17) is 0 Å². The van der Waals surface area contributed by atoms with E-state index in [9.17, 15) is 8.78 Å². The Balaban J connectivity index is 2.63. The predicted octanol–water partition coefficient (Wildman–Crippen LogP) is 3.54. The summed E-state index contributed by atoms with van der Waals surface area (Å²) in [5.74, 6) is -2.80. The molecule has 1 aromatic rings. The van der Waals surface area contributed by atoms with Gasteiger partial charge in [-0.05, 0) is 25.1 Å². The number of alkyl halides is 2. The van der Waals surface area contributed by atoms with Gasteiger partial charge in [-0.15, -0.1) is 0 Å². The standard InChI is InChI=1S/C11H14BrF2N/c1-2-7-15-8-11(13,14)9-3-5-10(12)6-4-9/h3-6,15H,2,7-8H2,1H3. The molecule has 0 saturated carbocycles. The molecule has 0 aliphatic rings. The molecule has 1 aromatic carbocycles. The molecule has 4 heteroatoms. The number of rotatable bonds is 5. The molecule has 0 saturated heterocycles. The van der Waals surface area contributed by atoms with E-state index in [-0.39, 0.29) is 12.1 Å². The summed E-state index contributed by atoms with van der Waals surface area (Å²) in [6.45, 7) is 2.26. The molecule has 1 N–H and O–H groups in total. The van der Waals surface area contributed by atoms with Gasteiger partial charge in [0, 0.05) is 10.0 Å². The molecule has 1 nitrogen and oxygen atoms in total. The quantitative estimate of drug-likeness (QED) is 0.812. The van der Waals surface area contributed by atoms with Gasteiger partial charge in [-0.25, -0.2) is 0 Å². The summed E-state index contributed by atoms with van der Waals surface area (Å²) in [5, 5.41) is 2.73. The molecule has 15 heavy (non-hydrogen) atoms. The van der Waals surface area contributed by atoms with E-state index in [1.165, 1.54) is 12.1 Å². The van der Waals surface area contributed by atoms with E-state index in [0.717, 1.165) is 10.9 Å². The third kappa shape index (κ3) is 3.87. The lowest BCUT2D eigenvalue weighted by Crippen LogP contribution is -2.31. The molecule has 1 rings (SSSR count). The van der Waals surface area contributed by atoms with E-state index in [0.29, 0.717) is 6.54 Å². The van der Waals surface area contributed by atoms with Gasteiger partial charge < -0.3 is 5.32 Å². The van der Waals surface area contributed by atoms with Gasteiger partial charge in [0.2, 0.25) is 0 Å². The maximum Gasteiger partial charge on any atom is 0.285 e. The molecule has 0 unspecified atom stereocenters. The van der Waals surface area contributed by atoms with Gasteiger partial charge in [-0.3, -0.25) is 0 Å². The Hall–Kier alpha value is -0.480. The molecule has 0 bridgehead atoms. The van der Waals surface area contributed by atoms with E-state index in [2.05, 4.69) is 21.2 Å². The fourth-order valence-corrected chi connectivity index (χ4v) is 1.48. The van der Waals surface area contributed by atoms with E-state index in [1.807, 2.05) is 6.92 Å². The highest BCUT2D eigenvalue weighted by Crippen LogP contribution is 2.27. The van der Waals surface area contributed by atoms with E-state index >= 15 is 0 Å². The lowest BCUT2D eigenvalue weighted by molar-refractivity contribution is -0.00291. The SMILES string of the molecule is CCCNCC(F)(F)c1ccc(Br)cc1. The fourth-order valence-electron chi connectivity index (χ4n) is 1.22. The highest BCUT2D eigenvalue weighted by Gasteiger charge is 2.30. The summed E-state index contributed by atoms with van der Waals surface area (Å²) in [7, 11) is 0. The summed E-state index contributed by atoms with van der Waals surface area (Å²) < 4.78 is 27.9. The Labute approximate surface area is 97.0 Å². The van der Waals surface area contributed by atoms with Gasteiger partial charge >= 0.3 is 0 Å². The molecular weight excluding hydrogens is 264 g/mol. The first-order valence-corrected chi connectivity index (χ1v) is 5.70. The zero-order chi connectivity index (χ0) is 11.3. The third-order valence-corrected chi connectivity index (χ3v) is 2.57. The molecule has 0 amide bonds. The maximum atomic E-state index is 13.5. The highest BCUT2D eigenvalue weighted by molar-refractivity contribution is 9.10. The summed E-state index contributed by atoms with van der Waals surface area (Å²) in [6, 6.07) is 6.14. The number of benzene rings is 1. The largest absolute Gasteiger partial charge is 0.311 e. The van der Waals surface area contributed by atoms with Gasteiger partial charge in [-0.2, -0.15) is 8.78 Å². The minimum absolute atomic E-state index is 0.0503. The minimum Gasteiger partial charge on any atom is -0.311 e. The molecule has 0 spiro atoms. The van der Waals surface area contributed by atoms with Gasteiger partial charge in [0.05, 0.1) is 6.54 Å². The molecule has 0 aliphatic heterocycles. The Morgan fingerprint density at radius 1 is 1.27 bits per heavy atom. The van der Waals surface area contributed by atoms with Crippen molar-refractivity contribution in [3.05, 3.63) is 34.3 Å². The van der Waals surface area contributed by atoms with Crippen LogP contribution in [0.5, 0.6) is 0 Å². The van der Waals surface area contributed by atoms with Crippen molar-refractivity contribution >= 4 is 15.9 Å². The molecule has 0 heterocycles. The lowest BCUT2D eigenvalue weighted by atomic mass is 10.1. The van der Waals surface area contributed by atoms with Crippen molar-refractivity contribution in [1.29, 1.82) is 0 Å². The predicted molar refractivity (Wildman–Crippen MR) is 61.2 cm³/mol. The molecule has 84 valence electrons. The van der Waals surface area contributed by atoms with Crippen LogP contribution in [0, 0.1) is 0 Å². The van der Waals surface area contributed by atoms with Crippen LogP contribution in [-0.4, -0.2) is 13.1 Å². The van der Waals surface area contributed by atoms with Crippen LogP contribution in [0.1, 0.15) is 18.9 Å². The highest BCUT2D eigenvalue weighted by atomic mass is 79.9. The second-order valence-corrected chi connectivity index (χ2v) is 4.30. The fraction of sp³-hybridized carbons (Fsp3) is 0.455. The summed E-state index contributed by atoms with van der Waals surface area (Å²) >= 11 is 3.22. The second-order valence-electron chi connectivity index (χ2n) is 3.39. The van der Waals surface area contributed by atoms with Crippen LogP contribution < -0.4 is 5.32 Å². The van der Waals surface area contributed by atoms with Crippen molar-refractivity contribution in [2.24, 2.45) is 0 Å². The molecule has 0 fully saturated rings. The zero-order valence-corrected chi connectivity index (χ0v) is 10.2. The van der Waals surface area contributed by atoms with Crippen molar-refractivity contribution < 1.29 is 8.78 Å². The Morgan fingerprint density at radius 2 is 1.87 bits per heavy atom. The van der Waals surface area contributed by atoms with Crippen LogP contribution in [-0.2, 0) is 5.92 Å². The normalized spacial score (nSPS) is 11.7. The number of nitrogens with one attached hydrogen (secondary N) is 1. The first kappa shape index (κ1) is 12.6. The van der Waals surface area contributed by atoms with E-state index in [1.54, 1.807) is 12.1 Å². The smallest absolute Gasteiger partial charge is 0.285 e. The number of halogens is 3. The average Bonchev–Trinajstić information content (AvgIpc) is 2.18. The lowest BCUT2D eigenvalue weighted by Gasteiger charge is -2.17. The minimum atomic E-state index is -2.80. The first-order valence-electron chi connectivity index (χ1n) is 4.91. The van der Waals surface area contributed by atoms with Gasteiger partial charge in [0.1, 0.15) is 0 Å². The van der Waals surface area contributed by atoms with E-state index < -0.39 is 5.92 Å². The van der Waals surface area contributed by atoms with Crippen LogP contribution in [0.4, 0.5) is 8.78 Å². The average molecular weight is 278 g/mol. The Kier molecular flexibility index (Phi) is 4.67. The van der Waals surface area contributed by atoms with Gasteiger partial charge in [0.15, 0.2) is 0 Å².